The molecule has 0 bridgehead atoms. The maximum absolute atomic E-state index is 6.56. The van der Waals surface area contributed by atoms with Gasteiger partial charge in [0.25, 0.3) is 0 Å². The number of aliphatic imine (C=N–C) groups is 1. The fourth-order valence-electron chi connectivity index (χ4n) is 2.25. The summed E-state index contributed by atoms with van der Waals surface area (Å²) in [6, 6.07) is 12.2. The van der Waals surface area contributed by atoms with Crippen molar-refractivity contribution in [1.82, 2.24) is 4.90 Å². The maximum atomic E-state index is 6.56. The number of hydrogen-bond donors (Lipinski definition) is 0. The highest BCUT2D eigenvalue weighted by Crippen LogP contribution is 2.31. The van der Waals surface area contributed by atoms with Crippen LogP contribution < -0.4 is 4.74 Å². The Balaban J connectivity index is 2.27. The van der Waals surface area contributed by atoms with E-state index < -0.39 is 0 Å². The molecule has 0 unspecified atom stereocenters. The SMILES string of the molecule is CCN(C)C=Nc1cc(C)cc(Cc2ccc(OC)cc2)c1Cl. The molecule has 23 heavy (non-hydrogen) atoms. The van der Waals surface area contributed by atoms with Crippen molar-refractivity contribution >= 4 is 23.6 Å². The van der Waals surface area contributed by atoms with Crippen molar-refractivity contribution in [2.45, 2.75) is 20.3 Å². The van der Waals surface area contributed by atoms with Crippen molar-refractivity contribution in [2.75, 3.05) is 20.7 Å². The van der Waals surface area contributed by atoms with Crippen LogP contribution in [0.1, 0.15) is 23.6 Å². The Labute approximate surface area is 143 Å². The van der Waals surface area contributed by atoms with Gasteiger partial charge >= 0.3 is 0 Å². The van der Waals surface area contributed by atoms with Gasteiger partial charge in [0.1, 0.15) is 5.75 Å². The lowest BCUT2D eigenvalue weighted by Crippen LogP contribution is -2.14. The zero-order chi connectivity index (χ0) is 16.8. The Morgan fingerprint density at radius 3 is 2.52 bits per heavy atom. The van der Waals surface area contributed by atoms with Gasteiger partial charge in [-0.25, -0.2) is 4.99 Å². The first-order valence-corrected chi connectivity index (χ1v) is 8.07. The Morgan fingerprint density at radius 2 is 1.91 bits per heavy atom. The Kier molecular flexibility index (Phi) is 6.05. The Morgan fingerprint density at radius 1 is 1.22 bits per heavy atom. The quantitative estimate of drug-likeness (QED) is 0.558. The van der Waals surface area contributed by atoms with Gasteiger partial charge in [-0.3, -0.25) is 0 Å². The molecule has 0 aliphatic rings. The van der Waals surface area contributed by atoms with Crippen LogP contribution in [0.15, 0.2) is 41.4 Å². The molecule has 4 heteroatoms. The number of methoxy groups -OCH3 is 1. The molecule has 0 aromatic heterocycles. The van der Waals surface area contributed by atoms with Crippen molar-refractivity contribution in [2.24, 2.45) is 4.99 Å². The van der Waals surface area contributed by atoms with Gasteiger partial charge in [-0.2, -0.15) is 0 Å². The smallest absolute Gasteiger partial charge is 0.118 e. The van der Waals surface area contributed by atoms with Crippen LogP contribution in [-0.2, 0) is 6.42 Å². The highest BCUT2D eigenvalue weighted by atomic mass is 35.5. The standard InChI is InChI=1S/C19H23ClN2O/c1-5-22(3)13-21-18-11-14(2)10-16(19(18)20)12-15-6-8-17(23-4)9-7-15/h6-11,13H,5,12H2,1-4H3. The number of aryl methyl sites for hydroxylation is 1. The van der Waals surface area contributed by atoms with Gasteiger partial charge in [0.05, 0.1) is 24.2 Å². The van der Waals surface area contributed by atoms with E-state index in [1.807, 2.05) is 36.5 Å². The third-order valence-corrected chi connectivity index (χ3v) is 4.16. The molecule has 2 rings (SSSR count). The first-order chi connectivity index (χ1) is 11.0. The van der Waals surface area contributed by atoms with Gasteiger partial charge in [-0.15, -0.1) is 0 Å². The van der Waals surface area contributed by atoms with Crippen molar-refractivity contribution in [3.05, 3.63) is 58.1 Å². The molecule has 0 aliphatic carbocycles. The lowest BCUT2D eigenvalue weighted by molar-refractivity contribution is 0.414. The molecule has 0 atom stereocenters. The van der Waals surface area contributed by atoms with Gasteiger partial charge in [0, 0.05) is 13.6 Å². The third kappa shape index (κ3) is 4.73. The summed E-state index contributed by atoms with van der Waals surface area (Å²) in [6.07, 6.45) is 2.59. The molecule has 0 radical (unpaired) electrons. The highest BCUT2D eigenvalue weighted by molar-refractivity contribution is 6.33. The molecule has 0 amide bonds. The lowest BCUT2D eigenvalue weighted by Gasteiger charge is -2.12. The van der Waals surface area contributed by atoms with Crippen LogP contribution in [0.25, 0.3) is 0 Å². The minimum atomic E-state index is 0.715. The van der Waals surface area contributed by atoms with Crippen molar-refractivity contribution in [1.29, 1.82) is 0 Å². The molecule has 0 aliphatic heterocycles. The van der Waals surface area contributed by atoms with Crippen LogP contribution in [-0.4, -0.2) is 31.9 Å². The van der Waals surface area contributed by atoms with E-state index in [1.54, 1.807) is 7.11 Å². The third-order valence-electron chi connectivity index (χ3n) is 3.72. The second-order valence-electron chi connectivity index (χ2n) is 5.60. The van der Waals surface area contributed by atoms with Crippen LogP contribution in [0, 0.1) is 6.92 Å². The number of benzene rings is 2. The first-order valence-electron chi connectivity index (χ1n) is 7.70. The molecule has 0 spiro atoms. The molecule has 0 N–H and O–H groups in total. The van der Waals surface area contributed by atoms with Crippen LogP contribution in [0.4, 0.5) is 5.69 Å². The number of ether oxygens (including phenoxy) is 1. The highest BCUT2D eigenvalue weighted by Gasteiger charge is 2.08. The van der Waals surface area contributed by atoms with Crippen LogP contribution in [0.3, 0.4) is 0 Å². The zero-order valence-electron chi connectivity index (χ0n) is 14.1. The monoisotopic (exact) mass is 330 g/mol. The molecule has 0 saturated carbocycles. The second kappa shape index (κ2) is 8.02. The van der Waals surface area contributed by atoms with Crippen LogP contribution >= 0.6 is 11.6 Å². The van der Waals surface area contributed by atoms with Gasteiger partial charge < -0.3 is 9.64 Å². The minimum absolute atomic E-state index is 0.715. The average molecular weight is 331 g/mol. The summed E-state index contributed by atoms with van der Waals surface area (Å²) in [5.74, 6) is 0.858. The van der Waals surface area contributed by atoms with E-state index in [0.29, 0.717) is 5.02 Å². The number of hydrogen-bond acceptors (Lipinski definition) is 2. The van der Waals surface area contributed by atoms with Gasteiger partial charge in [0.2, 0.25) is 0 Å². The summed E-state index contributed by atoms with van der Waals surface area (Å²) in [4.78, 5) is 6.53. The van der Waals surface area contributed by atoms with E-state index in [-0.39, 0.29) is 0 Å². The summed E-state index contributed by atoms with van der Waals surface area (Å²) in [7, 11) is 3.66. The minimum Gasteiger partial charge on any atom is -0.497 e. The number of halogens is 1. The molecular weight excluding hydrogens is 308 g/mol. The number of rotatable bonds is 6. The summed E-state index contributed by atoms with van der Waals surface area (Å²) in [6.45, 7) is 5.06. The van der Waals surface area contributed by atoms with Gasteiger partial charge in [-0.05, 0) is 55.2 Å². The van der Waals surface area contributed by atoms with Crippen molar-refractivity contribution < 1.29 is 4.74 Å². The van der Waals surface area contributed by atoms with E-state index in [1.165, 1.54) is 5.56 Å². The van der Waals surface area contributed by atoms with Crippen molar-refractivity contribution in [3.63, 3.8) is 0 Å². The summed E-state index contributed by atoms with van der Waals surface area (Å²) in [5.41, 5.74) is 4.25. The van der Waals surface area contributed by atoms with E-state index in [4.69, 9.17) is 16.3 Å². The zero-order valence-corrected chi connectivity index (χ0v) is 14.9. The van der Waals surface area contributed by atoms with Gasteiger partial charge in [0.15, 0.2) is 0 Å². The molecular formula is C19H23ClN2O. The normalized spacial score (nSPS) is 11.0. The fourth-order valence-corrected chi connectivity index (χ4v) is 2.48. The molecule has 0 saturated heterocycles. The van der Waals surface area contributed by atoms with E-state index in [9.17, 15) is 0 Å². The predicted molar refractivity (Wildman–Crippen MR) is 98.4 cm³/mol. The lowest BCUT2D eigenvalue weighted by atomic mass is 10.0. The molecule has 0 heterocycles. The van der Waals surface area contributed by atoms with E-state index in [0.717, 1.165) is 35.5 Å². The molecule has 3 nitrogen and oxygen atoms in total. The average Bonchev–Trinajstić information content (AvgIpc) is 2.56. The largest absolute Gasteiger partial charge is 0.497 e. The van der Waals surface area contributed by atoms with E-state index in [2.05, 4.69) is 37.0 Å². The Bertz CT molecular complexity index is 681. The summed E-state index contributed by atoms with van der Waals surface area (Å²) < 4.78 is 5.20. The summed E-state index contributed by atoms with van der Waals surface area (Å²) in [5, 5.41) is 0.715. The predicted octanol–water partition coefficient (Wildman–Crippen LogP) is 4.86. The van der Waals surface area contributed by atoms with Crippen LogP contribution in [0.5, 0.6) is 5.75 Å². The molecule has 2 aromatic carbocycles. The Hall–Kier alpha value is -2.00. The topological polar surface area (TPSA) is 24.8 Å². The second-order valence-corrected chi connectivity index (χ2v) is 5.98. The molecule has 122 valence electrons. The van der Waals surface area contributed by atoms with Gasteiger partial charge in [-0.1, -0.05) is 29.8 Å². The van der Waals surface area contributed by atoms with E-state index >= 15 is 0 Å². The van der Waals surface area contributed by atoms with Crippen molar-refractivity contribution in [3.8, 4) is 5.75 Å². The number of nitrogens with zero attached hydrogens (tertiary/aromatic N) is 2. The summed E-state index contributed by atoms with van der Waals surface area (Å²) >= 11 is 6.56. The molecule has 0 fully saturated rings. The maximum Gasteiger partial charge on any atom is 0.118 e. The van der Waals surface area contributed by atoms with Crippen LogP contribution in [0.2, 0.25) is 5.02 Å². The first kappa shape index (κ1) is 17.4. The fraction of sp³-hybridized carbons (Fsp3) is 0.316. The molecule has 2 aromatic rings.